The van der Waals surface area contributed by atoms with Gasteiger partial charge >= 0.3 is 5.97 Å². The number of aliphatic carboxylic acids is 1. The van der Waals surface area contributed by atoms with E-state index in [0.29, 0.717) is 12.8 Å². The highest BCUT2D eigenvalue weighted by molar-refractivity contribution is 5.83. The minimum Gasteiger partial charge on any atom is -0.479 e. The molecule has 7 nitrogen and oxygen atoms in total. The van der Waals surface area contributed by atoms with Crippen LogP contribution in [0.15, 0.2) is 0 Å². The molecular weight excluding hydrogens is 230 g/mol. The Kier molecular flexibility index (Phi) is 3.32. The summed E-state index contributed by atoms with van der Waals surface area (Å²) in [5.74, 6) is -1.42. The van der Waals surface area contributed by atoms with Crippen LogP contribution in [0.1, 0.15) is 12.8 Å². The fourth-order valence-electron chi connectivity index (χ4n) is 2.15. The zero-order valence-corrected chi connectivity index (χ0v) is 9.15. The SMILES string of the molecule is O=C(O)[C@H]1CC[C@@H](C(=O)N2C[C@@H](O)[C@@H](O)C2)O1. The summed E-state index contributed by atoms with van der Waals surface area (Å²) in [6, 6.07) is 0. The van der Waals surface area contributed by atoms with Gasteiger partial charge in [0.25, 0.3) is 5.91 Å². The van der Waals surface area contributed by atoms with Crippen molar-refractivity contribution < 1.29 is 29.6 Å². The zero-order valence-electron chi connectivity index (χ0n) is 9.15. The second-order valence-electron chi connectivity index (χ2n) is 4.41. The Morgan fingerprint density at radius 2 is 1.59 bits per heavy atom. The standard InChI is InChI=1S/C10H15NO6/c12-5-3-11(4-6(5)13)9(14)7-1-2-8(17-7)10(15)16/h5-8,12-13H,1-4H2,(H,15,16)/t5-,6+,7-,8+/m0/s1. The molecule has 0 saturated carbocycles. The highest BCUT2D eigenvalue weighted by atomic mass is 16.5. The van der Waals surface area contributed by atoms with E-state index in [1.54, 1.807) is 0 Å². The molecule has 0 spiro atoms. The third-order valence-electron chi connectivity index (χ3n) is 3.14. The van der Waals surface area contributed by atoms with Crippen LogP contribution >= 0.6 is 0 Å². The van der Waals surface area contributed by atoms with Gasteiger partial charge in [0.15, 0.2) is 6.10 Å². The Balaban J connectivity index is 1.92. The number of hydrogen-bond donors (Lipinski definition) is 3. The van der Waals surface area contributed by atoms with Gasteiger partial charge in [-0.15, -0.1) is 0 Å². The lowest BCUT2D eigenvalue weighted by molar-refractivity contribution is -0.154. The number of carbonyl (C=O) groups is 2. The molecule has 0 aromatic carbocycles. The average Bonchev–Trinajstić information content (AvgIpc) is 2.86. The molecule has 0 bridgehead atoms. The first-order valence-corrected chi connectivity index (χ1v) is 5.52. The first-order valence-electron chi connectivity index (χ1n) is 5.52. The van der Waals surface area contributed by atoms with Gasteiger partial charge in [0.05, 0.1) is 12.2 Å². The van der Waals surface area contributed by atoms with Crippen molar-refractivity contribution >= 4 is 11.9 Å². The van der Waals surface area contributed by atoms with Crippen LogP contribution in [-0.4, -0.2) is 69.6 Å². The van der Waals surface area contributed by atoms with Crippen LogP contribution in [0.4, 0.5) is 0 Å². The van der Waals surface area contributed by atoms with Crippen molar-refractivity contribution in [3.05, 3.63) is 0 Å². The maximum Gasteiger partial charge on any atom is 0.332 e. The summed E-state index contributed by atoms with van der Waals surface area (Å²) < 4.78 is 5.11. The van der Waals surface area contributed by atoms with Gasteiger partial charge in [-0.3, -0.25) is 4.79 Å². The van der Waals surface area contributed by atoms with Crippen molar-refractivity contribution in [3.8, 4) is 0 Å². The smallest absolute Gasteiger partial charge is 0.332 e. The molecule has 3 N–H and O–H groups in total. The van der Waals surface area contributed by atoms with Gasteiger partial charge in [-0.1, -0.05) is 0 Å². The lowest BCUT2D eigenvalue weighted by Gasteiger charge is -2.19. The molecule has 17 heavy (non-hydrogen) atoms. The van der Waals surface area contributed by atoms with Crippen molar-refractivity contribution in [2.24, 2.45) is 0 Å². The van der Waals surface area contributed by atoms with E-state index >= 15 is 0 Å². The summed E-state index contributed by atoms with van der Waals surface area (Å²) in [7, 11) is 0. The van der Waals surface area contributed by atoms with Crippen molar-refractivity contribution in [2.75, 3.05) is 13.1 Å². The number of β-amino-alcohol motifs (C(OH)–C–C–N with tert-alkyl or cyclic N) is 2. The van der Waals surface area contributed by atoms with Crippen molar-refractivity contribution in [3.63, 3.8) is 0 Å². The Labute approximate surface area is 97.6 Å². The molecular formula is C10H15NO6. The lowest BCUT2D eigenvalue weighted by atomic mass is 10.2. The number of carboxylic acids is 1. The van der Waals surface area contributed by atoms with Crippen LogP contribution in [0.3, 0.4) is 0 Å². The van der Waals surface area contributed by atoms with Gasteiger partial charge in [0, 0.05) is 13.1 Å². The lowest BCUT2D eigenvalue weighted by Crippen LogP contribution is -2.39. The Bertz CT molecular complexity index is 323. The number of aliphatic hydroxyl groups excluding tert-OH is 2. The van der Waals surface area contributed by atoms with Crippen LogP contribution in [0, 0.1) is 0 Å². The fraction of sp³-hybridized carbons (Fsp3) is 0.800. The Morgan fingerprint density at radius 3 is 2.06 bits per heavy atom. The van der Waals surface area contributed by atoms with E-state index in [4.69, 9.17) is 9.84 Å². The number of nitrogens with zero attached hydrogens (tertiary/aromatic N) is 1. The largest absolute Gasteiger partial charge is 0.479 e. The van der Waals surface area contributed by atoms with Gasteiger partial charge in [-0.25, -0.2) is 4.79 Å². The molecule has 2 saturated heterocycles. The number of carboxylic acid groups (broad SMARTS) is 1. The van der Waals surface area contributed by atoms with E-state index in [2.05, 4.69) is 0 Å². The quantitative estimate of drug-likeness (QED) is 0.529. The molecule has 1 amide bonds. The van der Waals surface area contributed by atoms with Crippen LogP contribution in [-0.2, 0) is 14.3 Å². The van der Waals surface area contributed by atoms with Gasteiger partial charge in [-0.05, 0) is 12.8 Å². The van der Waals surface area contributed by atoms with E-state index in [1.807, 2.05) is 0 Å². The van der Waals surface area contributed by atoms with Gasteiger partial charge in [0.1, 0.15) is 6.10 Å². The van der Waals surface area contributed by atoms with E-state index < -0.39 is 30.4 Å². The maximum absolute atomic E-state index is 11.9. The second kappa shape index (κ2) is 4.59. The molecule has 0 aliphatic carbocycles. The zero-order chi connectivity index (χ0) is 12.6. The molecule has 2 aliphatic rings. The monoisotopic (exact) mass is 245 g/mol. The number of hydrogen-bond acceptors (Lipinski definition) is 5. The third-order valence-corrected chi connectivity index (χ3v) is 3.14. The topological polar surface area (TPSA) is 107 Å². The van der Waals surface area contributed by atoms with Gasteiger partial charge in [-0.2, -0.15) is 0 Å². The highest BCUT2D eigenvalue weighted by Crippen LogP contribution is 2.23. The molecule has 2 heterocycles. The van der Waals surface area contributed by atoms with E-state index in [0.717, 1.165) is 0 Å². The first kappa shape index (κ1) is 12.3. The number of carbonyl (C=O) groups excluding carboxylic acids is 1. The minimum absolute atomic E-state index is 0.0671. The van der Waals surface area contributed by atoms with Crippen LogP contribution in [0.2, 0.25) is 0 Å². The Hall–Kier alpha value is -1.18. The van der Waals surface area contributed by atoms with Crippen LogP contribution in [0.5, 0.6) is 0 Å². The maximum atomic E-state index is 11.9. The number of ether oxygens (including phenoxy) is 1. The predicted molar refractivity (Wildman–Crippen MR) is 54.1 cm³/mol. The molecule has 2 aliphatic heterocycles. The molecule has 0 aromatic rings. The average molecular weight is 245 g/mol. The normalized spacial score (nSPS) is 37.4. The second-order valence-corrected chi connectivity index (χ2v) is 4.41. The number of rotatable bonds is 2. The number of aliphatic hydroxyl groups is 2. The number of amides is 1. The molecule has 2 fully saturated rings. The first-order chi connectivity index (χ1) is 7.99. The van der Waals surface area contributed by atoms with Crippen molar-refractivity contribution in [2.45, 2.75) is 37.3 Å². The fourth-order valence-corrected chi connectivity index (χ4v) is 2.15. The minimum atomic E-state index is -1.07. The summed E-state index contributed by atoms with van der Waals surface area (Å²) >= 11 is 0. The number of likely N-dealkylation sites (tertiary alicyclic amines) is 1. The summed E-state index contributed by atoms with van der Waals surface area (Å²) in [6.45, 7) is 0.134. The molecule has 4 atom stereocenters. The molecule has 2 rings (SSSR count). The predicted octanol–water partition coefficient (Wildman–Crippen LogP) is -1.82. The van der Waals surface area contributed by atoms with E-state index in [1.165, 1.54) is 4.90 Å². The molecule has 0 unspecified atom stereocenters. The Morgan fingerprint density at radius 1 is 1.06 bits per heavy atom. The van der Waals surface area contributed by atoms with Gasteiger partial charge in [0.2, 0.25) is 0 Å². The molecule has 0 aromatic heterocycles. The summed E-state index contributed by atoms with van der Waals surface area (Å²) in [5, 5.41) is 27.4. The van der Waals surface area contributed by atoms with Crippen molar-refractivity contribution in [1.29, 1.82) is 0 Å². The van der Waals surface area contributed by atoms with Crippen LogP contribution < -0.4 is 0 Å². The summed E-state index contributed by atoms with van der Waals surface area (Å²) in [6.07, 6.45) is -2.90. The summed E-state index contributed by atoms with van der Waals surface area (Å²) in [5.41, 5.74) is 0. The summed E-state index contributed by atoms with van der Waals surface area (Å²) in [4.78, 5) is 23.9. The molecule has 0 radical (unpaired) electrons. The molecule has 96 valence electrons. The van der Waals surface area contributed by atoms with Crippen LogP contribution in [0.25, 0.3) is 0 Å². The van der Waals surface area contributed by atoms with Crippen molar-refractivity contribution in [1.82, 2.24) is 4.90 Å². The highest BCUT2D eigenvalue weighted by Gasteiger charge is 2.40. The molecule has 7 heteroatoms. The van der Waals surface area contributed by atoms with Gasteiger partial charge < -0.3 is 25.0 Å². The third kappa shape index (κ3) is 2.41. The van der Waals surface area contributed by atoms with E-state index in [-0.39, 0.29) is 19.0 Å². The van der Waals surface area contributed by atoms with E-state index in [9.17, 15) is 19.8 Å².